The summed E-state index contributed by atoms with van der Waals surface area (Å²) in [5.74, 6) is 0.301. The van der Waals surface area contributed by atoms with Gasteiger partial charge in [-0.1, -0.05) is 36.4 Å². The van der Waals surface area contributed by atoms with Gasteiger partial charge in [-0.3, -0.25) is 4.79 Å². The molecule has 0 aliphatic heterocycles. The van der Waals surface area contributed by atoms with Crippen molar-refractivity contribution in [2.75, 3.05) is 0 Å². The van der Waals surface area contributed by atoms with Crippen LogP contribution in [0.4, 0.5) is 0 Å². The molecule has 3 heterocycles. The van der Waals surface area contributed by atoms with Gasteiger partial charge in [-0.15, -0.1) is 11.3 Å². The maximum Gasteiger partial charge on any atom is 0.298 e. The van der Waals surface area contributed by atoms with Crippen LogP contribution in [-0.4, -0.2) is 15.5 Å². The minimum atomic E-state index is -0.352. The van der Waals surface area contributed by atoms with Crippen molar-refractivity contribution in [2.24, 2.45) is 4.99 Å². The number of thiazole rings is 1. The zero-order valence-corrected chi connectivity index (χ0v) is 15.5. The summed E-state index contributed by atoms with van der Waals surface area (Å²) >= 11 is 1.43. The van der Waals surface area contributed by atoms with Crippen molar-refractivity contribution in [1.82, 2.24) is 9.55 Å². The highest BCUT2D eigenvalue weighted by Gasteiger charge is 2.17. The maximum absolute atomic E-state index is 12.8. The van der Waals surface area contributed by atoms with Crippen LogP contribution in [0.1, 0.15) is 20.9 Å². The summed E-state index contributed by atoms with van der Waals surface area (Å²) < 4.78 is 7.32. The second-order valence-electron chi connectivity index (χ2n) is 5.99. The van der Waals surface area contributed by atoms with Gasteiger partial charge in [-0.2, -0.15) is 4.99 Å². The van der Waals surface area contributed by atoms with E-state index < -0.39 is 0 Å². The second kappa shape index (κ2) is 7.55. The molecule has 1 aromatic carbocycles. The first-order chi connectivity index (χ1) is 13.2. The molecule has 0 saturated carbocycles. The number of benzene rings is 1. The molecule has 0 unspecified atom stereocenters. The largest absolute Gasteiger partial charge is 0.462 e. The lowest BCUT2D eigenvalue weighted by Gasteiger charge is -2.07. The molecule has 1 amide bonds. The Morgan fingerprint density at radius 2 is 1.93 bits per heavy atom. The second-order valence-corrected chi connectivity index (χ2v) is 7.19. The Kier molecular flexibility index (Phi) is 4.80. The van der Waals surface area contributed by atoms with Gasteiger partial charge < -0.3 is 8.98 Å². The molecule has 0 atom stereocenters. The molecule has 27 heavy (non-hydrogen) atoms. The first-order valence-electron chi connectivity index (χ1n) is 8.50. The van der Waals surface area contributed by atoms with Crippen molar-refractivity contribution < 1.29 is 9.21 Å². The van der Waals surface area contributed by atoms with Crippen LogP contribution in [0.3, 0.4) is 0 Å². The molecular formula is C21H17N3O2S. The molecule has 4 rings (SSSR count). The van der Waals surface area contributed by atoms with E-state index in [1.54, 1.807) is 12.3 Å². The van der Waals surface area contributed by atoms with Crippen molar-refractivity contribution in [3.8, 4) is 10.8 Å². The lowest BCUT2D eigenvalue weighted by molar-refractivity contribution is 0.0992. The molecule has 0 aliphatic rings. The van der Waals surface area contributed by atoms with Crippen LogP contribution in [0.5, 0.6) is 0 Å². The Morgan fingerprint density at radius 3 is 2.70 bits per heavy atom. The van der Waals surface area contributed by atoms with Crippen molar-refractivity contribution >= 4 is 17.2 Å². The summed E-state index contributed by atoms with van der Waals surface area (Å²) in [6.07, 6.45) is 3.51. The number of amides is 1. The number of furan rings is 1. The monoisotopic (exact) mass is 375 g/mol. The molecule has 0 saturated heterocycles. The van der Waals surface area contributed by atoms with E-state index in [1.165, 1.54) is 11.3 Å². The molecule has 3 aromatic heterocycles. The van der Waals surface area contributed by atoms with Gasteiger partial charge in [0.25, 0.3) is 5.91 Å². The van der Waals surface area contributed by atoms with Crippen LogP contribution in [0.2, 0.25) is 0 Å². The standard InChI is InChI=1S/C21H17N3O2S/c1-15-19(23-21(27-15)17-10-7-13-26-17)20(25)22-18-11-5-6-12-24(18)14-16-8-3-2-4-9-16/h2-13H,14H2,1H3. The zero-order chi connectivity index (χ0) is 18.6. The van der Waals surface area contributed by atoms with E-state index in [9.17, 15) is 4.79 Å². The number of aromatic nitrogens is 2. The third-order valence-electron chi connectivity index (χ3n) is 4.06. The van der Waals surface area contributed by atoms with Gasteiger partial charge in [0, 0.05) is 17.6 Å². The van der Waals surface area contributed by atoms with Crippen LogP contribution in [0, 0.1) is 6.92 Å². The quantitative estimate of drug-likeness (QED) is 0.534. The fourth-order valence-electron chi connectivity index (χ4n) is 2.74. The average molecular weight is 375 g/mol. The van der Waals surface area contributed by atoms with E-state index in [-0.39, 0.29) is 5.91 Å². The normalized spacial score (nSPS) is 11.7. The van der Waals surface area contributed by atoms with E-state index >= 15 is 0 Å². The lowest BCUT2D eigenvalue weighted by Crippen LogP contribution is -2.22. The summed E-state index contributed by atoms with van der Waals surface area (Å²) in [5, 5.41) is 0.682. The Hall–Kier alpha value is -3.25. The molecule has 0 fully saturated rings. The van der Waals surface area contributed by atoms with E-state index in [0.717, 1.165) is 10.4 Å². The minimum absolute atomic E-state index is 0.352. The van der Waals surface area contributed by atoms with Gasteiger partial charge in [0.1, 0.15) is 11.2 Å². The van der Waals surface area contributed by atoms with Crippen LogP contribution in [0.15, 0.2) is 82.5 Å². The maximum atomic E-state index is 12.8. The van der Waals surface area contributed by atoms with Crippen LogP contribution in [0.25, 0.3) is 10.8 Å². The molecular weight excluding hydrogens is 358 g/mol. The highest BCUT2D eigenvalue weighted by atomic mass is 32.1. The number of aryl methyl sites for hydroxylation is 1. The SMILES string of the molecule is Cc1sc(-c2ccco2)nc1C(=O)N=c1ccccn1Cc1ccccc1. The zero-order valence-electron chi connectivity index (χ0n) is 14.7. The number of carbonyl (C=O) groups excluding carboxylic acids is 1. The Bertz CT molecular complexity index is 1130. The Labute approximate surface area is 160 Å². The van der Waals surface area contributed by atoms with Gasteiger partial charge in [-0.25, -0.2) is 4.98 Å². The Balaban J connectivity index is 1.67. The summed E-state index contributed by atoms with van der Waals surface area (Å²) in [4.78, 5) is 22.3. The smallest absolute Gasteiger partial charge is 0.298 e. The van der Waals surface area contributed by atoms with Gasteiger partial charge in [0.15, 0.2) is 10.8 Å². The number of carbonyl (C=O) groups is 1. The summed E-state index contributed by atoms with van der Waals surface area (Å²) in [5.41, 5.74) is 2.10. The summed E-state index contributed by atoms with van der Waals surface area (Å²) in [6, 6.07) is 19.3. The number of rotatable bonds is 4. The third-order valence-corrected chi connectivity index (χ3v) is 5.05. The van der Waals surface area contributed by atoms with Gasteiger partial charge >= 0.3 is 0 Å². The average Bonchev–Trinajstić information content (AvgIpc) is 3.34. The predicted octanol–water partition coefficient (Wildman–Crippen LogP) is 4.30. The van der Waals surface area contributed by atoms with Crippen LogP contribution >= 0.6 is 11.3 Å². The van der Waals surface area contributed by atoms with E-state index in [4.69, 9.17) is 4.42 Å². The summed E-state index contributed by atoms with van der Waals surface area (Å²) in [6.45, 7) is 2.51. The third kappa shape index (κ3) is 3.80. The molecule has 4 aromatic rings. The topological polar surface area (TPSA) is 60.4 Å². The molecule has 6 heteroatoms. The van der Waals surface area contributed by atoms with E-state index in [2.05, 4.69) is 9.98 Å². The van der Waals surface area contributed by atoms with E-state index in [0.29, 0.717) is 28.5 Å². The minimum Gasteiger partial charge on any atom is -0.462 e. The number of nitrogens with zero attached hydrogens (tertiary/aromatic N) is 3. The molecule has 0 N–H and O–H groups in total. The van der Waals surface area contributed by atoms with Crippen molar-refractivity contribution in [1.29, 1.82) is 0 Å². The first kappa shape index (κ1) is 17.2. The van der Waals surface area contributed by atoms with Crippen molar-refractivity contribution in [3.05, 3.63) is 94.7 Å². The van der Waals surface area contributed by atoms with Crippen molar-refractivity contribution in [2.45, 2.75) is 13.5 Å². The lowest BCUT2D eigenvalue weighted by atomic mass is 10.2. The molecule has 0 spiro atoms. The first-order valence-corrected chi connectivity index (χ1v) is 9.32. The predicted molar refractivity (Wildman–Crippen MR) is 104 cm³/mol. The molecule has 5 nitrogen and oxygen atoms in total. The van der Waals surface area contributed by atoms with Gasteiger partial charge in [0.05, 0.1) is 6.26 Å². The number of pyridine rings is 1. The molecule has 0 radical (unpaired) electrons. The summed E-state index contributed by atoms with van der Waals surface area (Å²) in [7, 11) is 0. The highest BCUT2D eigenvalue weighted by Crippen LogP contribution is 2.28. The molecule has 0 bridgehead atoms. The Morgan fingerprint density at radius 1 is 1.11 bits per heavy atom. The van der Waals surface area contributed by atoms with Crippen LogP contribution in [-0.2, 0) is 6.54 Å². The number of hydrogen-bond acceptors (Lipinski definition) is 4. The highest BCUT2D eigenvalue weighted by molar-refractivity contribution is 7.15. The van der Waals surface area contributed by atoms with Gasteiger partial charge in [-0.05, 0) is 36.8 Å². The molecule has 0 aliphatic carbocycles. The van der Waals surface area contributed by atoms with E-state index in [1.807, 2.05) is 72.3 Å². The molecule has 134 valence electrons. The fourth-order valence-corrected chi connectivity index (χ4v) is 3.61. The van der Waals surface area contributed by atoms with Gasteiger partial charge in [0.2, 0.25) is 0 Å². The fraction of sp³-hybridized carbons (Fsp3) is 0.0952. The van der Waals surface area contributed by atoms with Crippen molar-refractivity contribution in [3.63, 3.8) is 0 Å². The number of hydrogen-bond donors (Lipinski definition) is 0. The van der Waals surface area contributed by atoms with Crippen LogP contribution < -0.4 is 5.49 Å².